The third kappa shape index (κ3) is 23.8. The molecule has 0 unspecified atom stereocenters. The van der Waals surface area contributed by atoms with Crippen LogP contribution in [-0.4, -0.2) is 5.48 Å². The van der Waals surface area contributed by atoms with Gasteiger partial charge >= 0.3 is 0 Å². The molecule has 0 atom stereocenters. The Labute approximate surface area is 73.0 Å². The molecule has 5 heavy (non-hydrogen) atoms. The zero-order valence-corrected chi connectivity index (χ0v) is 6.50. The minimum atomic E-state index is 0. The minimum absolute atomic E-state index is 0. The Kier molecular flexibility index (Phi) is 461. The normalized spacial score (nSPS) is 0. The number of hydrogen-bond donors (Lipinski definition) is 0. The van der Waals surface area contributed by atoms with E-state index in [-0.39, 0.29) is 73.5 Å². The van der Waals surface area contributed by atoms with E-state index in [2.05, 4.69) is 0 Å². The maximum absolute atomic E-state index is 0. The third-order valence-electron chi connectivity index (χ3n) is 0. The number of rotatable bonds is 0. The molecule has 0 rings (SSSR count). The molecule has 0 aromatic rings. The molecule has 0 saturated carbocycles. The summed E-state index contributed by atoms with van der Waals surface area (Å²) in [5.74, 6) is 0. The van der Waals surface area contributed by atoms with Crippen LogP contribution in [0.3, 0.4) is 0 Å². The van der Waals surface area contributed by atoms with Gasteiger partial charge in [-0.1, -0.05) is 0 Å². The van der Waals surface area contributed by atoms with Crippen molar-refractivity contribution in [2.75, 3.05) is 0 Å². The maximum atomic E-state index is 0. The van der Waals surface area contributed by atoms with Gasteiger partial charge in [0.2, 0.25) is 0 Å². The van der Waals surface area contributed by atoms with Crippen molar-refractivity contribution in [3.8, 4) is 0 Å². The summed E-state index contributed by atoms with van der Waals surface area (Å²) in [4.78, 5) is 0. The summed E-state index contributed by atoms with van der Waals surface area (Å²) in [5.41, 5.74) is 0. The van der Waals surface area contributed by atoms with Gasteiger partial charge in [-0.2, -0.15) is 0 Å². The van der Waals surface area contributed by atoms with Crippen LogP contribution in [0.15, 0.2) is 0 Å². The SMILES string of the molecule is O.[Cr].[Fe].[Mn].[Ni]. The second kappa shape index (κ2) is 37.1. The molecular formula is H2CrFeMnNiO. The van der Waals surface area contributed by atoms with Gasteiger partial charge in [0, 0.05) is 68.0 Å². The molecular weight excluding hydrogens is 237 g/mol. The molecule has 0 bridgehead atoms. The first kappa shape index (κ1) is 62.2. The molecule has 5 heteroatoms. The molecule has 0 aromatic heterocycles. The second-order valence-electron chi connectivity index (χ2n) is 0. The smallest absolute Gasteiger partial charge is 0 e. The van der Waals surface area contributed by atoms with Gasteiger partial charge in [0.25, 0.3) is 0 Å². The molecule has 1 nitrogen and oxygen atoms in total. The monoisotopic (exact) mass is 239 g/mol. The molecule has 0 aliphatic rings. The van der Waals surface area contributed by atoms with Crippen LogP contribution in [0.5, 0.6) is 0 Å². The van der Waals surface area contributed by atoms with E-state index in [0.29, 0.717) is 0 Å². The fraction of sp³-hybridized carbons (Fsp3) is 0. The van der Waals surface area contributed by atoms with Crippen molar-refractivity contribution in [2.45, 2.75) is 0 Å². The van der Waals surface area contributed by atoms with Gasteiger partial charge < -0.3 is 5.48 Å². The predicted molar refractivity (Wildman–Crippen MR) is 3.61 cm³/mol. The van der Waals surface area contributed by atoms with Crippen LogP contribution in [0.2, 0.25) is 0 Å². The van der Waals surface area contributed by atoms with Crippen LogP contribution in [0.1, 0.15) is 0 Å². The first-order chi connectivity index (χ1) is 0. The molecule has 0 aromatic carbocycles. The predicted octanol–water partition coefficient (Wildman–Crippen LogP) is -0.835. The quantitative estimate of drug-likeness (QED) is 0.494. The third-order valence-corrected chi connectivity index (χ3v) is 0. The largest absolute Gasteiger partial charge is 0.412 e. The fourth-order valence-corrected chi connectivity index (χ4v) is 0. The van der Waals surface area contributed by atoms with Crippen molar-refractivity contribution in [1.29, 1.82) is 0 Å². The van der Waals surface area contributed by atoms with Crippen molar-refractivity contribution in [3.63, 3.8) is 0 Å². The van der Waals surface area contributed by atoms with E-state index in [4.69, 9.17) is 0 Å². The summed E-state index contributed by atoms with van der Waals surface area (Å²) < 4.78 is 0. The molecule has 0 saturated heterocycles. The Morgan fingerprint density at radius 2 is 1.00 bits per heavy atom. The van der Waals surface area contributed by atoms with Crippen LogP contribution in [-0.2, 0) is 68.0 Å². The summed E-state index contributed by atoms with van der Waals surface area (Å²) in [6.45, 7) is 0. The summed E-state index contributed by atoms with van der Waals surface area (Å²) in [7, 11) is 0. The van der Waals surface area contributed by atoms with E-state index >= 15 is 0 Å². The molecule has 0 spiro atoms. The Balaban J connectivity index is 0. The zero-order valence-electron chi connectivity index (χ0n) is 1.96. The van der Waals surface area contributed by atoms with Crippen molar-refractivity contribution in [1.82, 2.24) is 0 Å². The Morgan fingerprint density at radius 1 is 1.00 bits per heavy atom. The van der Waals surface area contributed by atoms with E-state index < -0.39 is 0 Å². The van der Waals surface area contributed by atoms with Gasteiger partial charge in [0.1, 0.15) is 0 Å². The van der Waals surface area contributed by atoms with Crippen molar-refractivity contribution < 1.29 is 73.5 Å². The molecule has 39 valence electrons. The van der Waals surface area contributed by atoms with E-state index in [1.54, 1.807) is 0 Å². The molecule has 1 radical (unpaired) electrons. The van der Waals surface area contributed by atoms with Gasteiger partial charge in [-0.15, -0.1) is 0 Å². The topological polar surface area (TPSA) is 31.5 Å². The van der Waals surface area contributed by atoms with Crippen LogP contribution in [0, 0.1) is 0 Å². The molecule has 2 N–H and O–H groups in total. The molecule has 0 fully saturated rings. The van der Waals surface area contributed by atoms with E-state index in [1.807, 2.05) is 0 Å². The summed E-state index contributed by atoms with van der Waals surface area (Å²) in [6.07, 6.45) is 0. The standard InChI is InChI=1S/Cr.Fe.Mn.Ni.H2O/h;;;;1H2. The zero-order chi connectivity index (χ0) is 0. The summed E-state index contributed by atoms with van der Waals surface area (Å²) in [6, 6.07) is 0. The van der Waals surface area contributed by atoms with Gasteiger partial charge in [-0.3, -0.25) is 0 Å². The first-order valence-electron chi connectivity index (χ1n) is 0. The summed E-state index contributed by atoms with van der Waals surface area (Å²) in [5, 5.41) is 0. The second-order valence-corrected chi connectivity index (χ2v) is 0. The minimum Gasteiger partial charge on any atom is -0.412 e. The Hall–Kier alpha value is 2.02. The molecule has 0 aliphatic heterocycles. The van der Waals surface area contributed by atoms with E-state index in [9.17, 15) is 0 Å². The Morgan fingerprint density at radius 3 is 1.00 bits per heavy atom. The van der Waals surface area contributed by atoms with Crippen molar-refractivity contribution in [3.05, 3.63) is 0 Å². The van der Waals surface area contributed by atoms with Crippen LogP contribution >= 0.6 is 0 Å². The number of hydrogen-bond acceptors (Lipinski definition) is 0. The maximum Gasteiger partial charge on any atom is 0 e. The average Bonchev–Trinajstić information content (AvgIpc) is 0. The van der Waals surface area contributed by atoms with Crippen LogP contribution < -0.4 is 0 Å². The summed E-state index contributed by atoms with van der Waals surface area (Å²) >= 11 is 0. The van der Waals surface area contributed by atoms with Crippen molar-refractivity contribution in [2.24, 2.45) is 0 Å². The molecule has 0 heterocycles. The Bertz CT molecular complexity index is 11.6. The fourth-order valence-electron chi connectivity index (χ4n) is 0. The van der Waals surface area contributed by atoms with E-state index in [1.165, 1.54) is 0 Å². The molecule has 0 amide bonds. The van der Waals surface area contributed by atoms with Gasteiger partial charge in [0.15, 0.2) is 0 Å². The van der Waals surface area contributed by atoms with Crippen LogP contribution in [0.4, 0.5) is 0 Å². The van der Waals surface area contributed by atoms with Crippen LogP contribution in [0.25, 0.3) is 0 Å². The van der Waals surface area contributed by atoms with Gasteiger partial charge in [-0.05, 0) is 0 Å². The van der Waals surface area contributed by atoms with Gasteiger partial charge in [0.05, 0.1) is 0 Å². The molecule has 0 aliphatic carbocycles. The average molecular weight is 239 g/mol. The van der Waals surface area contributed by atoms with Crippen molar-refractivity contribution >= 4 is 0 Å². The first-order valence-corrected chi connectivity index (χ1v) is 0. The van der Waals surface area contributed by atoms with E-state index in [0.717, 1.165) is 0 Å². The van der Waals surface area contributed by atoms with Gasteiger partial charge in [-0.25, -0.2) is 0 Å².